The van der Waals surface area contributed by atoms with Crippen molar-refractivity contribution < 1.29 is 4.74 Å². The molecule has 2 aromatic carbocycles. The monoisotopic (exact) mass is 347 g/mol. The Balaban J connectivity index is 1.38. The van der Waals surface area contributed by atoms with E-state index >= 15 is 0 Å². The smallest absolute Gasteiger partial charge is 0.123 e. The zero-order valence-corrected chi connectivity index (χ0v) is 15.8. The molecule has 3 heterocycles. The van der Waals surface area contributed by atoms with Crippen LogP contribution < -0.4 is 4.74 Å². The number of ether oxygens (including phenoxy) is 1. The van der Waals surface area contributed by atoms with E-state index in [1.807, 2.05) is 0 Å². The molecule has 2 nitrogen and oxygen atoms in total. The zero-order chi connectivity index (χ0) is 17.6. The quantitative estimate of drug-likeness (QED) is 0.687. The number of nitrogens with zero attached hydrogens (tertiary/aromatic N) is 1. The Bertz CT molecular complexity index is 778. The summed E-state index contributed by atoms with van der Waals surface area (Å²) in [6.07, 6.45) is 8.96. The van der Waals surface area contributed by atoms with Gasteiger partial charge in [0.15, 0.2) is 0 Å². The predicted octanol–water partition coefficient (Wildman–Crippen LogP) is 5.37. The molecule has 2 fully saturated rings. The normalized spacial score (nSPS) is 28.3. The van der Waals surface area contributed by atoms with Crippen LogP contribution in [0.5, 0.6) is 5.75 Å². The summed E-state index contributed by atoms with van der Waals surface area (Å²) >= 11 is 0. The van der Waals surface area contributed by atoms with Gasteiger partial charge in [-0.05, 0) is 68.0 Å². The summed E-state index contributed by atoms with van der Waals surface area (Å²) in [6.45, 7) is 4.65. The van der Waals surface area contributed by atoms with E-state index in [1.54, 1.807) is 0 Å². The minimum absolute atomic E-state index is 0.0472. The Hall–Kier alpha value is -1.80. The highest BCUT2D eigenvalue weighted by atomic mass is 16.5. The fraction of sp³-hybridized carbons (Fsp3) is 0.500. The molecular weight excluding hydrogens is 318 g/mol. The summed E-state index contributed by atoms with van der Waals surface area (Å²) in [5.74, 6) is 1.13. The Labute approximate surface area is 157 Å². The van der Waals surface area contributed by atoms with E-state index < -0.39 is 0 Å². The van der Waals surface area contributed by atoms with E-state index in [-0.39, 0.29) is 5.60 Å². The summed E-state index contributed by atoms with van der Waals surface area (Å²) in [6, 6.07) is 16.5. The van der Waals surface area contributed by atoms with Gasteiger partial charge in [0.1, 0.15) is 11.4 Å². The van der Waals surface area contributed by atoms with Crippen molar-refractivity contribution in [1.82, 2.24) is 4.90 Å². The highest BCUT2D eigenvalue weighted by Gasteiger charge is 2.42. The molecule has 2 saturated heterocycles. The minimum Gasteiger partial charge on any atom is -0.487 e. The average molecular weight is 348 g/mol. The summed E-state index contributed by atoms with van der Waals surface area (Å²) < 4.78 is 6.60. The van der Waals surface area contributed by atoms with Gasteiger partial charge in [-0.1, -0.05) is 42.3 Å². The van der Waals surface area contributed by atoms with Gasteiger partial charge in [-0.2, -0.15) is 0 Å². The van der Waals surface area contributed by atoms with Crippen LogP contribution in [0.2, 0.25) is 0 Å². The van der Waals surface area contributed by atoms with E-state index in [9.17, 15) is 0 Å². The van der Waals surface area contributed by atoms with Gasteiger partial charge < -0.3 is 9.64 Å². The standard InChI is InChI=1S/C24H29NO/c1-18-5-7-19(8-6-18)20-9-10-23-21(16-20)17-24(26-23)12-11-22-4-2-3-14-25(22)15-13-24/h5-10,16,22H,2-4,11-15,17H2,1H3. The lowest BCUT2D eigenvalue weighted by Gasteiger charge is -2.33. The van der Waals surface area contributed by atoms with Crippen molar-refractivity contribution in [3.8, 4) is 16.9 Å². The van der Waals surface area contributed by atoms with Gasteiger partial charge in [0.05, 0.1) is 0 Å². The molecule has 1 spiro atoms. The first kappa shape index (κ1) is 16.4. The third-order valence-corrected chi connectivity index (χ3v) is 6.82. The number of fused-ring (bicyclic) bond motifs is 2. The number of benzene rings is 2. The Morgan fingerprint density at radius 3 is 2.65 bits per heavy atom. The molecule has 0 aliphatic carbocycles. The Kier molecular flexibility index (Phi) is 4.04. The van der Waals surface area contributed by atoms with Gasteiger partial charge in [-0.15, -0.1) is 0 Å². The van der Waals surface area contributed by atoms with Crippen LogP contribution in [-0.2, 0) is 6.42 Å². The molecule has 0 aromatic heterocycles. The van der Waals surface area contributed by atoms with Crippen LogP contribution in [0.4, 0.5) is 0 Å². The lowest BCUT2D eigenvalue weighted by molar-refractivity contribution is 0.0768. The molecule has 0 amide bonds. The van der Waals surface area contributed by atoms with E-state index in [4.69, 9.17) is 4.74 Å². The van der Waals surface area contributed by atoms with Crippen molar-refractivity contribution in [3.05, 3.63) is 53.6 Å². The van der Waals surface area contributed by atoms with Gasteiger partial charge in [0.2, 0.25) is 0 Å². The molecule has 3 aliphatic heterocycles. The fourth-order valence-corrected chi connectivity index (χ4v) is 5.22. The van der Waals surface area contributed by atoms with Crippen LogP contribution >= 0.6 is 0 Å². The maximum Gasteiger partial charge on any atom is 0.123 e. The second kappa shape index (κ2) is 6.42. The molecular formula is C24H29NO. The fourth-order valence-electron chi connectivity index (χ4n) is 5.22. The first-order valence-electron chi connectivity index (χ1n) is 10.3. The molecule has 0 N–H and O–H groups in total. The molecule has 2 atom stereocenters. The SMILES string of the molecule is Cc1ccc(-c2ccc3c(c2)CC2(CCC4CCCCN4CC2)O3)cc1. The van der Waals surface area contributed by atoms with Crippen molar-refractivity contribution in [2.24, 2.45) is 0 Å². The molecule has 3 aliphatic rings. The highest BCUT2D eigenvalue weighted by Crippen LogP contribution is 2.44. The molecule has 0 bridgehead atoms. The average Bonchev–Trinajstić information content (AvgIpc) is 2.94. The van der Waals surface area contributed by atoms with Crippen molar-refractivity contribution in [3.63, 3.8) is 0 Å². The Morgan fingerprint density at radius 1 is 0.923 bits per heavy atom. The van der Waals surface area contributed by atoms with Gasteiger partial charge in [-0.3, -0.25) is 0 Å². The van der Waals surface area contributed by atoms with Crippen LogP contribution in [0.25, 0.3) is 11.1 Å². The lowest BCUT2D eigenvalue weighted by atomic mass is 9.88. The second-order valence-corrected chi connectivity index (χ2v) is 8.62. The van der Waals surface area contributed by atoms with Gasteiger partial charge in [0, 0.05) is 25.4 Å². The van der Waals surface area contributed by atoms with Crippen molar-refractivity contribution in [2.45, 2.75) is 63.5 Å². The lowest BCUT2D eigenvalue weighted by Crippen LogP contribution is -2.39. The minimum atomic E-state index is 0.0472. The molecule has 136 valence electrons. The summed E-state index contributed by atoms with van der Waals surface area (Å²) in [5, 5.41) is 0. The topological polar surface area (TPSA) is 12.5 Å². The predicted molar refractivity (Wildman–Crippen MR) is 107 cm³/mol. The number of aryl methyl sites for hydroxylation is 1. The van der Waals surface area contributed by atoms with Crippen LogP contribution in [0, 0.1) is 6.92 Å². The molecule has 0 radical (unpaired) electrons. The van der Waals surface area contributed by atoms with Crippen molar-refractivity contribution in [2.75, 3.05) is 13.1 Å². The molecule has 0 saturated carbocycles. The van der Waals surface area contributed by atoms with Crippen LogP contribution in [0.15, 0.2) is 42.5 Å². The highest BCUT2D eigenvalue weighted by molar-refractivity contribution is 5.66. The van der Waals surface area contributed by atoms with Crippen LogP contribution in [0.1, 0.15) is 49.7 Å². The number of rotatable bonds is 1. The van der Waals surface area contributed by atoms with E-state index in [0.717, 1.165) is 18.2 Å². The van der Waals surface area contributed by atoms with Crippen molar-refractivity contribution >= 4 is 0 Å². The molecule has 5 rings (SSSR count). The van der Waals surface area contributed by atoms with E-state index in [1.165, 1.54) is 73.9 Å². The number of piperidine rings is 1. The van der Waals surface area contributed by atoms with Crippen molar-refractivity contribution in [1.29, 1.82) is 0 Å². The summed E-state index contributed by atoms with van der Waals surface area (Å²) in [4.78, 5) is 2.74. The van der Waals surface area contributed by atoms with Gasteiger partial charge >= 0.3 is 0 Å². The molecule has 26 heavy (non-hydrogen) atoms. The third kappa shape index (κ3) is 2.95. The third-order valence-electron chi connectivity index (χ3n) is 6.82. The van der Waals surface area contributed by atoms with Crippen LogP contribution in [0.3, 0.4) is 0 Å². The Morgan fingerprint density at radius 2 is 1.77 bits per heavy atom. The molecule has 2 heteroatoms. The van der Waals surface area contributed by atoms with E-state index in [0.29, 0.717) is 0 Å². The molecule has 2 unspecified atom stereocenters. The maximum absolute atomic E-state index is 6.60. The first-order chi connectivity index (χ1) is 12.7. The maximum atomic E-state index is 6.60. The zero-order valence-electron chi connectivity index (χ0n) is 15.8. The summed E-state index contributed by atoms with van der Waals surface area (Å²) in [7, 11) is 0. The number of hydrogen-bond acceptors (Lipinski definition) is 2. The first-order valence-corrected chi connectivity index (χ1v) is 10.3. The second-order valence-electron chi connectivity index (χ2n) is 8.62. The summed E-state index contributed by atoms with van der Waals surface area (Å²) in [5.41, 5.74) is 5.38. The van der Waals surface area contributed by atoms with E-state index in [2.05, 4.69) is 54.3 Å². The largest absolute Gasteiger partial charge is 0.487 e. The van der Waals surface area contributed by atoms with Gasteiger partial charge in [-0.25, -0.2) is 0 Å². The molecule has 2 aromatic rings. The number of hydrogen-bond donors (Lipinski definition) is 0. The van der Waals surface area contributed by atoms with Gasteiger partial charge in [0.25, 0.3) is 0 Å². The van der Waals surface area contributed by atoms with Crippen LogP contribution in [-0.4, -0.2) is 29.6 Å².